The van der Waals surface area contributed by atoms with E-state index >= 15 is 0 Å². The molecule has 1 aliphatic carbocycles. The maximum absolute atomic E-state index is 12.4. The number of aryl methyl sites for hydroxylation is 3. The van der Waals surface area contributed by atoms with Crippen LogP contribution in [0.4, 0.5) is 0 Å². The van der Waals surface area contributed by atoms with Crippen molar-refractivity contribution < 1.29 is 19.1 Å². The number of hydrogen-bond donors (Lipinski definition) is 1. The van der Waals surface area contributed by atoms with Gasteiger partial charge in [-0.1, -0.05) is 29.8 Å². The molecule has 0 aromatic heterocycles. The van der Waals surface area contributed by atoms with Gasteiger partial charge in [0.05, 0.1) is 0 Å². The van der Waals surface area contributed by atoms with Gasteiger partial charge >= 0.3 is 5.97 Å². The molecule has 28 heavy (non-hydrogen) atoms. The molecule has 1 aliphatic rings. The molecule has 5 heteroatoms. The minimum absolute atomic E-state index is 0.237. The molecule has 0 spiro atoms. The van der Waals surface area contributed by atoms with Crippen molar-refractivity contribution in [2.24, 2.45) is 0 Å². The molecule has 0 fully saturated rings. The van der Waals surface area contributed by atoms with Crippen molar-refractivity contribution in [1.82, 2.24) is 5.32 Å². The lowest BCUT2D eigenvalue weighted by molar-refractivity contribution is -0.144. The summed E-state index contributed by atoms with van der Waals surface area (Å²) in [6.07, 6.45) is 4.36. The average Bonchev–Trinajstić information content (AvgIpc) is 2.71. The molecular formula is C23H25NO4. The minimum Gasteiger partial charge on any atom is -0.456 e. The number of esters is 1. The maximum atomic E-state index is 12.4. The zero-order chi connectivity index (χ0) is 20.1. The van der Waals surface area contributed by atoms with Crippen molar-refractivity contribution in [1.29, 1.82) is 0 Å². The predicted molar refractivity (Wildman–Crippen MR) is 106 cm³/mol. The first kappa shape index (κ1) is 19.8. The molecule has 0 radical (unpaired) electrons. The molecule has 1 atom stereocenters. The quantitative estimate of drug-likeness (QED) is 0.617. The first-order valence-electron chi connectivity index (χ1n) is 9.63. The second kappa shape index (κ2) is 8.83. The van der Waals surface area contributed by atoms with E-state index in [9.17, 15) is 14.4 Å². The fourth-order valence-electron chi connectivity index (χ4n) is 3.38. The molecule has 0 unspecified atom stereocenters. The normalized spacial score (nSPS) is 13.9. The molecular weight excluding hydrogens is 354 g/mol. The number of benzene rings is 2. The molecule has 0 aliphatic heterocycles. The molecule has 146 valence electrons. The highest BCUT2D eigenvalue weighted by molar-refractivity contribution is 5.99. The van der Waals surface area contributed by atoms with Gasteiger partial charge in [0.2, 0.25) is 0 Å². The van der Waals surface area contributed by atoms with Crippen LogP contribution in [0.3, 0.4) is 0 Å². The second-order valence-corrected chi connectivity index (χ2v) is 7.29. The van der Waals surface area contributed by atoms with E-state index in [1.54, 1.807) is 31.2 Å². The van der Waals surface area contributed by atoms with Crippen molar-refractivity contribution in [2.75, 3.05) is 6.61 Å². The lowest BCUT2D eigenvalue weighted by atomic mass is 9.90. The number of carbonyl (C=O) groups excluding carboxylic acids is 3. The number of carbonyl (C=O) groups is 3. The molecule has 5 nitrogen and oxygen atoms in total. The number of nitrogens with one attached hydrogen (secondary N) is 1. The number of rotatable bonds is 6. The van der Waals surface area contributed by atoms with Gasteiger partial charge in [0.25, 0.3) is 5.91 Å². The van der Waals surface area contributed by atoms with Crippen LogP contribution < -0.4 is 5.32 Å². The smallest absolute Gasteiger partial charge is 0.328 e. The molecule has 2 aromatic rings. The number of amides is 1. The highest BCUT2D eigenvalue weighted by Gasteiger charge is 2.20. The van der Waals surface area contributed by atoms with Crippen LogP contribution in [0.25, 0.3) is 0 Å². The molecule has 2 aromatic carbocycles. The zero-order valence-corrected chi connectivity index (χ0v) is 16.3. The van der Waals surface area contributed by atoms with E-state index < -0.39 is 12.0 Å². The van der Waals surface area contributed by atoms with E-state index in [1.165, 1.54) is 17.5 Å². The Morgan fingerprint density at radius 2 is 1.75 bits per heavy atom. The Bertz CT molecular complexity index is 903. The third kappa shape index (κ3) is 4.85. The van der Waals surface area contributed by atoms with E-state index in [2.05, 4.69) is 5.32 Å². The maximum Gasteiger partial charge on any atom is 0.328 e. The Kier molecular flexibility index (Phi) is 6.24. The van der Waals surface area contributed by atoms with Gasteiger partial charge < -0.3 is 10.1 Å². The number of hydrogen-bond acceptors (Lipinski definition) is 4. The molecule has 3 rings (SSSR count). The first-order chi connectivity index (χ1) is 13.4. The highest BCUT2D eigenvalue weighted by Crippen LogP contribution is 2.22. The minimum atomic E-state index is -0.843. The van der Waals surface area contributed by atoms with Crippen LogP contribution in [0, 0.1) is 6.92 Å². The fourth-order valence-corrected chi connectivity index (χ4v) is 3.38. The first-order valence-corrected chi connectivity index (χ1v) is 9.63. The van der Waals surface area contributed by atoms with E-state index in [0.717, 1.165) is 24.8 Å². The Morgan fingerprint density at radius 1 is 1.00 bits per heavy atom. The van der Waals surface area contributed by atoms with Gasteiger partial charge in [-0.05, 0) is 68.9 Å². The van der Waals surface area contributed by atoms with Gasteiger partial charge in [0, 0.05) is 11.1 Å². The van der Waals surface area contributed by atoms with Crippen LogP contribution in [-0.4, -0.2) is 30.3 Å². The van der Waals surface area contributed by atoms with Gasteiger partial charge in [-0.3, -0.25) is 9.59 Å². The summed E-state index contributed by atoms with van der Waals surface area (Å²) in [6.45, 7) is 3.10. The third-order valence-corrected chi connectivity index (χ3v) is 5.00. The Labute approximate surface area is 165 Å². The number of ketones is 1. The molecule has 0 saturated carbocycles. The highest BCUT2D eigenvalue weighted by atomic mass is 16.5. The van der Waals surface area contributed by atoms with Gasteiger partial charge in [-0.2, -0.15) is 0 Å². The number of fused-ring (bicyclic) bond motifs is 1. The Balaban J connectivity index is 1.53. The van der Waals surface area contributed by atoms with Crippen LogP contribution in [0.2, 0.25) is 0 Å². The lowest BCUT2D eigenvalue weighted by Crippen LogP contribution is -2.40. The van der Waals surface area contributed by atoms with Gasteiger partial charge in [-0.15, -0.1) is 0 Å². The largest absolute Gasteiger partial charge is 0.456 e. The predicted octanol–water partition coefficient (Wildman–Crippen LogP) is 3.42. The lowest BCUT2D eigenvalue weighted by Gasteiger charge is -2.16. The summed E-state index contributed by atoms with van der Waals surface area (Å²) in [4.78, 5) is 36.8. The Morgan fingerprint density at radius 3 is 2.50 bits per heavy atom. The summed E-state index contributed by atoms with van der Waals surface area (Å²) >= 11 is 0. The van der Waals surface area contributed by atoms with E-state index in [0.29, 0.717) is 11.1 Å². The van der Waals surface area contributed by atoms with Gasteiger partial charge in [0.1, 0.15) is 6.04 Å². The second-order valence-electron chi connectivity index (χ2n) is 7.29. The van der Waals surface area contributed by atoms with E-state index in [1.807, 2.05) is 25.1 Å². The summed E-state index contributed by atoms with van der Waals surface area (Å²) < 4.78 is 5.12. The molecule has 0 bridgehead atoms. The van der Waals surface area contributed by atoms with Crippen LogP contribution in [0.15, 0.2) is 42.5 Å². The van der Waals surface area contributed by atoms with Crippen LogP contribution in [-0.2, 0) is 22.4 Å². The van der Waals surface area contributed by atoms with Crippen LogP contribution in [0.5, 0.6) is 0 Å². The molecule has 0 heterocycles. The molecule has 1 N–H and O–H groups in total. The summed E-state index contributed by atoms with van der Waals surface area (Å²) in [5.41, 5.74) is 4.50. The summed E-state index contributed by atoms with van der Waals surface area (Å²) in [7, 11) is 0. The van der Waals surface area contributed by atoms with Crippen molar-refractivity contribution in [3.05, 3.63) is 70.3 Å². The van der Waals surface area contributed by atoms with E-state index in [-0.39, 0.29) is 18.3 Å². The third-order valence-electron chi connectivity index (χ3n) is 5.00. The SMILES string of the molecule is Cc1cccc(C(=O)N[C@H](C)C(=O)OCC(=O)c2ccc3c(c2)CCCC3)c1. The van der Waals surface area contributed by atoms with Crippen molar-refractivity contribution in [2.45, 2.75) is 45.6 Å². The van der Waals surface area contributed by atoms with Crippen molar-refractivity contribution >= 4 is 17.7 Å². The standard InChI is InChI=1S/C23H25NO4/c1-15-6-5-9-20(12-15)22(26)24-16(2)23(27)28-14-21(25)19-11-10-17-7-3-4-8-18(17)13-19/h5-6,9-13,16H,3-4,7-8,14H2,1-2H3,(H,24,26)/t16-/m1/s1. The van der Waals surface area contributed by atoms with Gasteiger partial charge in [-0.25, -0.2) is 4.79 Å². The molecule has 0 saturated heterocycles. The van der Waals surface area contributed by atoms with Crippen LogP contribution >= 0.6 is 0 Å². The van der Waals surface area contributed by atoms with E-state index in [4.69, 9.17) is 4.74 Å². The van der Waals surface area contributed by atoms with Crippen molar-refractivity contribution in [3.63, 3.8) is 0 Å². The number of Topliss-reactive ketones (excluding diaryl/α,β-unsaturated/α-hetero) is 1. The Hall–Kier alpha value is -2.95. The monoisotopic (exact) mass is 379 g/mol. The summed E-state index contributed by atoms with van der Waals surface area (Å²) in [5, 5.41) is 2.60. The van der Waals surface area contributed by atoms with Crippen molar-refractivity contribution in [3.8, 4) is 0 Å². The van der Waals surface area contributed by atoms with Crippen LogP contribution in [0.1, 0.15) is 57.2 Å². The summed E-state index contributed by atoms with van der Waals surface area (Å²) in [6, 6.07) is 12.0. The fraction of sp³-hybridized carbons (Fsp3) is 0.348. The average molecular weight is 379 g/mol. The molecule has 1 amide bonds. The summed E-state index contributed by atoms with van der Waals surface area (Å²) in [5.74, 6) is -1.22. The topological polar surface area (TPSA) is 72.5 Å². The van der Waals surface area contributed by atoms with Gasteiger partial charge in [0.15, 0.2) is 12.4 Å². The zero-order valence-electron chi connectivity index (χ0n) is 16.3. The number of ether oxygens (including phenoxy) is 1.